The molecular weight excluding hydrogens is 270 g/mol. The van der Waals surface area contributed by atoms with Crippen molar-refractivity contribution in [2.24, 2.45) is 0 Å². The number of hydrogen-bond acceptors (Lipinski definition) is 4. The monoisotopic (exact) mass is 291 g/mol. The molecule has 0 aliphatic rings. The highest BCUT2D eigenvalue weighted by molar-refractivity contribution is 5.96. The highest BCUT2D eigenvalue weighted by Gasteiger charge is 2.20. The standard InChI is InChI=1S/C16H21NO4/c1-11-8-6-7-9-12(11)10-13(14(18)20-5)17-15(19)21-16(2,3)4/h6-10H,1-5H3,(H,17,19)/b13-10-. The fraction of sp³-hybridized carbons (Fsp3) is 0.375. The van der Waals surface area contributed by atoms with E-state index >= 15 is 0 Å². The molecule has 1 rings (SSSR count). The maximum atomic E-state index is 11.8. The van der Waals surface area contributed by atoms with Crippen LogP contribution >= 0.6 is 0 Å². The summed E-state index contributed by atoms with van der Waals surface area (Å²) >= 11 is 0. The molecule has 0 aromatic heterocycles. The minimum atomic E-state index is -0.701. The molecule has 0 radical (unpaired) electrons. The second-order valence-electron chi connectivity index (χ2n) is 5.53. The van der Waals surface area contributed by atoms with Gasteiger partial charge in [0.05, 0.1) is 7.11 Å². The maximum Gasteiger partial charge on any atom is 0.412 e. The molecule has 5 heteroatoms. The molecule has 1 N–H and O–H groups in total. The van der Waals surface area contributed by atoms with Gasteiger partial charge < -0.3 is 9.47 Å². The molecule has 5 nitrogen and oxygen atoms in total. The van der Waals surface area contributed by atoms with Crippen LogP contribution in [0.2, 0.25) is 0 Å². The molecule has 1 aromatic rings. The first-order chi connectivity index (χ1) is 9.73. The van der Waals surface area contributed by atoms with Crippen LogP contribution in [0.5, 0.6) is 0 Å². The van der Waals surface area contributed by atoms with Gasteiger partial charge >= 0.3 is 12.1 Å². The Hall–Kier alpha value is -2.30. The van der Waals surface area contributed by atoms with E-state index in [9.17, 15) is 9.59 Å². The van der Waals surface area contributed by atoms with Crippen LogP contribution in [0.4, 0.5) is 4.79 Å². The van der Waals surface area contributed by atoms with Crippen molar-refractivity contribution in [1.82, 2.24) is 5.32 Å². The highest BCUT2D eigenvalue weighted by Crippen LogP contribution is 2.13. The van der Waals surface area contributed by atoms with E-state index in [0.717, 1.165) is 11.1 Å². The Labute approximate surface area is 124 Å². The number of amides is 1. The Morgan fingerprint density at radius 1 is 1.19 bits per heavy atom. The third-order valence-corrected chi connectivity index (χ3v) is 2.53. The second kappa shape index (κ2) is 6.92. The fourth-order valence-electron chi connectivity index (χ4n) is 1.57. The van der Waals surface area contributed by atoms with Crippen LogP contribution in [0.1, 0.15) is 31.9 Å². The van der Waals surface area contributed by atoms with Crippen LogP contribution < -0.4 is 5.32 Å². The minimum Gasteiger partial charge on any atom is -0.464 e. The molecule has 0 fully saturated rings. The lowest BCUT2D eigenvalue weighted by Crippen LogP contribution is -2.34. The fourth-order valence-corrected chi connectivity index (χ4v) is 1.57. The Bertz CT molecular complexity index is 556. The first-order valence-corrected chi connectivity index (χ1v) is 6.58. The quantitative estimate of drug-likeness (QED) is 0.686. The lowest BCUT2D eigenvalue weighted by atomic mass is 10.1. The van der Waals surface area contributed by atoms with Crippen molar-refractivity contribution in [3.63, 3.8) is 0 Å². The smallest absolute Gasteiger partial charge is 0.412 e. The largest absolute Gasteiger partial charge is 0.464 e. The third kappa shape index (κ3) is 5.69. The summed E-state index contributed by atoms with van der Waals surface area (Å²) in [5.74, 6) is -0.635. The number of hydrogen-bond donors (Lipinski definition) is 1. The summed E-state index contributed by atoms with van der Waals surface area (Å²) in [5.41, 5.74) is 1.17. The van der Waals surface area contributed by atoms with Crippen molar-refractivity contribution in [2.45, 2.75) is 33.3 Å². The van der Waals surface area contributed by atoms with Crippen LogP contribution in [0, 0.1) is 6.92 Å². The zero-order valence-electron chi connectivity index (χ0n) is 13.0. The molecule has 21 heavy (non-hydrogen) atoms. The molecule has 0 unspecified atom stereocenters. The molecule has 0 aliphatic carbocycles. The van der Waals surface area contributed by atoms with Crippen molar-refractivity contribution in [2.75, 3.05) is 7.11 Å². The number of nitrogens with one attached hydrogen (secondary N) is 1. The van der Waals surface area contributed by atoms with Gasteiger partial charge in [-0.15, -0.1) is 0 Å². The molecule has 0 saturated heterocycles. The van der Waals surface area contributed by atoms with Gasteiger partial charge in [0.2, 0.25) is 0 Å². The lowest BCUT2D eigenvalue weighted by molar-refractivity contribution is -0.136. The Morgan fingerprint density at radius 3 is 2.33 bits per heavy atom. The van der Waals surface area contributed by atoms with Crippen molar-refractivity contribution in [3.8, 4) is 0 Å². The summed E-state index contributed by atoms with van der Waals surface area (Å²) in [5, 5.41) is 2.43. The number of esters is 1. The van der Waals surface area contributed by atoms with E-state index < -0.39 is 17.7 Å². The molecule has 1 amide bonds. The van der Waals surface area contributed by atoms with Crippen LogP contribution in [-0.2, 0) is 14.3 Å². The normalized spacial score (nSPS) is 11.8. The van der Waals surface area contributed by atoms with Crippen LogP contribution in [0.15, 0.2) is 30.0 Å². The summed E-state index contributed by atoms with van der Waals surface area (Å²) in [6.07, 6.45) is 0.859. The van der Waals surface area contributed by atoms with Gasteiger partial charge in [0, 0.05) is 0 Å². The second-order valence-corrected chi connectivity index (χ2v) is 5.53. The molecule has 1 aromatic carbocycles. The summed E-state index contributed by atoms with van der Waals surface area (Å²) in [4.78, 5) is 23.6. The molecule has 0 heterocycles. The van der Waals surface area contributed by atoms with Gasteiger partial charge in [-0.25, -0.2) is 9.59 Å². The van der Waals surface area contributed by atoms with Crippen LogP contribution in [-0.4, -0.2) is 24.8 Å². The number of carbonyl (C=O) groups excluding carboxylic acids is 2. The number of alkyl carbamates (subject to hydrolysis) is 1. The predicted molar refractivity (Wildman–Crippen MR) is 80.5 cm³/mol. The molecule has 114 valence electrons. The van der Waals surface area contributed by atoms with Gasteiger partial charge in [0.1, 0.15) is 11.3 Å². The van der Waals surface area contributed by atoms with E-state index in [1.165, 1.54) is 7.11 Å². The number of aryl methyl sites for hydroxylation is 1. The van der Waals surface area contributed by atoms with E-state index in [1.54, 1.807) is 26.8 Å². The number of carbonyl (C=O) groups is 2. The van der Waals surface area contributed by atoms with Gasteiger partial charge in [-0.2, -0.15) is 0 Å². The van der Waals surface area contributed by atoms with Gasteiger partial charge in [0.25, 0.3) is 0 Å². The first-order valence-electron chi connectivity index (χ1n) is 6.58. The van der Waals surface area contributed by atoms with Crippen molar-refractivity contribution in [1.29, 1.82) is 0 Å². The van der Waals surface area contributed by atoms with E-state index in [1.807, 2.05) is 31.2 Å². The molecule has 0 spiro atoms. The van der Waals surface area contributed by atoms with Crippen molar-refractivity contribution < 1.29 is 19.1 Å². The molecule has 0 atom stereocenters. The topological polar surface area (TPSA) is 64.6 Å². The Kier molecular flexibility index (Phi) is 5.52. The zero-order chi connectivity index (χ0) is 16.0. The van der Waals surface area contributed by atoms with E-state index in [2.05, 4.69) is 10.1 Å². The van der Waals surface area contributed by atoms with Crippen LogP contribution in [0.3, 0.4) is 0 Å². The van der Waals surface area contributed by atoms with Gasteiger partial charge in [-0.05, 0) is 44.9 Å². The number of rotatable bonds is 3. The summed E-state index contributed by atoms with van der Waals surface area (Å²) < 4.78 is 9.81. The summed E-state index contributed by atoms with van der Waals surface area (Å²) in [6.45, 7) is 7.15. The minimum absolute atomic E-state index is 0.0288. The Balaban J connectivity index is 3.00. The lowest BCUT2D eigenvalue weighted by Gasteiger charge is -2.20. The number of ether oxygens (including phenoxy) is 2. The van der Waals surface area contributed by atoms with Gasteiger partial charge in [0.15, 0.2) is 0 Å². The highest BCUT2D eigenvalue weighted by atomic mass is 16.6. The van der Waals surface area contributed by atoms with Crippen molar-refractivity contribution >= 4 is 18.1 Å². The van der Waals surface area contributed by atoms with E-state index in [4.69, 9.17) is 4.74 Å². The van der Waals surface area contributed by atoms with Crippen molar-refractivity contribution in [3.05, 3.63) is 41.1 Å². The van der Waals surface area contributed by atoms with Crippen LogP contribution in [0.25, 0.3) is 6.08 Å². The summed E-state index contributed by atoms with van der Waals surface area (Å²) in [7, 11) is 1.25. The average molecular weight is 291 g/mol. The zero-order valence-corrected chi connectivity index (χ0v) is 13.0. The predicted octanol–water partition coefficient (Wildman–Crippen LogP) is 3.03. The molecule has 0 bridgehead atoms. The molecule has 0 aliphatic heterocycles. The number of methoxy groups -OCH3 is 1. The SMILES string of the molecule is COC(=O)/C(=C/c1ccccc1C)NC(=O)OC(C)(C)C. The molecule has 0 saturated carbocycles. The first kappa shape index (κ1) is 16.8. The summed E-state index contributed by atoms with van der Waals surface area (Å²) in [6, 6.07) is 7.50. The van der Waals surface area contributed by atoms with Gasteiger partial charge in [-0.1, -0.05) is 24.3 Å². The third-order valence-electron chi connectivity index (χ3n) is 2.53. The van der Waals surface area contributed by atoms with E-state index in [-0.39, 0.29) is 5.70 Å². The maximum absolute atomic E-state index is 11.8. The average Bonchev–Trinajstić information content (AvgIpc) is 2.37. The van der Waals surface area contributed by atoms with Gasteiger partial charge in [-0.3, -0.25) is 5.32 Å². The Morgan fingerprint density at radius 2 is 1.81 bits per heavy atom. The van der Waals surface area contributed by atoms with E-state index in [0.29, 0.717) is 0 Å². The number of benzene rings is 1. The molecular formula is C16H21NO4.